The van der Waals surface area contributed by atoms with Crippen molar-refractivity contribution in [3.05, 3.63) is 30.5 Å². The van der Waals surface area contributed by atoms with E-state index in [1.807, 2.05) is 24.3 Å². The number of pyridine rings is 1. The quantitative estimate of drug-likeness (QED) is 0.678. The molecule has 1 aromatic carbocycles. The number of aliphatic hydroxyl groups excluding tert-OH is 1. The number of hydrogen-bond donors (Lipinski definition) is 3. The first-order chi connectivity index (χ1) is 9.76. The smallest absolute Gasteiger partial charge is 0.0953 e. The molecule has 1 atom stereocenters. The molecule has 0 amide bonds. The van der Waals surface area contributed by atoms with E-state index in [2.05, 4.69) is 17.2 Å². The van der Waals surface area contributed by atoms with Gasteiger partial charge in [0, 0.05) is 30.4 Å². The van der Waals surface area contributed by atoms with Gasteiger partial charge in [-0.05, 0) is 43.0 Å². The number of nitrogen functional groups attached to an aromatic ring is 1. The van der Waals surface area contributed by atoms with E-state index in [4.69, 9.17) is 10.8 Å². The third-order valence-electron chi connectivity index (χ3n) is 3.62. The molecule has 4 nitrogen and oxygen atoms in total. The number of fused-ring (bicyclic) bond motifs is 1. The van der Waals surface area contributed by atoms with E-state index < -0.39 is 0 Å². The highest BCUT2D eigenvalue weighted by molar-refractivity contribution is 5.98. The van der Waals surface area contributed by atoms with Crippen LogP contribution in [0.2, 0.25) is 0 Å². The normalized spacial score (nSPS) is 12.5. The molecule has 0 radical (unpaired) electrons. The van der Waals surface area contributed by atoms with Crippen LogP contribution in [0.4, 0.5) is 11.4 Å². The minimum absolute atomic E-state index is 0.243. The van der Waals surface area contributed by atoms with E-state index in [0.717, 1.165) is 48.1 Å². The zero-order valence-corrected chi connectivity index (χ0v) is 12.0. The molecule has 0 saturated carbocycles. The standard InChI is InChI=1S/C16H23N3O/c1-2-4-12(8-10-20)11-19-15-7-6-14(17)13-5-3-9-18-16(13)15/h3,5-7,9,12,19-20H,2,4,8,10-11,17H2,1H3. The van der Waals surface area contributed by atoms with Crippen molar-refractivity contribution in [2.24, 2.45) is 5.92 Å². The highest BCUT2D eigenvalue weighted by Crippen LogP contribution is 2.26. The van der Waals surface area contributed by atoms with Crippen LogP contribution >= 0.6 is 0 Å². The zero-order chi connectivity index (χ0) is 14.4. The second kappa shape index (κ2) is 7.10. The number of rotatable bonds is 7. The number of hydrogen-bond acceptors (Lipinski definition) is 4. The lowest BCUT2D eigenvalue weighted by atomic mass is 10.00. The van der Waals surface area contributed by atoms with E-state index >= 15 is 0 Å². The molecule has 4 heteroatoms. The van der Waals surface area contributed by atoms with Gasteiger partial charge in [0.25, 0.3) is 0 Å². The summed E-state index contributed by atoms with van der Waals surface area (Å²) in [6, 6.07) is 7.77. The Bertz CT molecular complexity index is 550. The van der Waals surface area contributed by atoms with Gasteiger partial charge in [-0.25, -0.2) is 0 Å². The summed E-state index contributed by atoms with van der Waals surface area (Å²) in [6.45, 7) is 3.27. The number of aromatic nitrogens is 1. The minimum Gasteiger partial charge on any atom is -0.398 e. The first-order valence-electron chi connectivity index (χ1n) is 7.24. The molecule has 2 rings (SSSR count). The molecule has 1 aromatic heterocycles. The Morgan fingerprint density at radius 1 is 1.30 bits per heavy atom. The summed E-state index contributed by atoms with van der Waals surface area (Å²) in [5, 5.41) is 13.5. The van der Waals surface area contributed by atoms with Crippen LogP contribution in [-0.4, -0.2) is 23.2 Å². The summed E-state index contributed by atoms with van der Waals surface area (Å²) in [7, 11) is 0. The van der Waals surface area contributed by atoms with Crippen molar-refractivity contribution in [2.75, 3.05) is 24.2 Å². The summed E-state index contributed by atoms with van der Waals surface area (Å²) < 4.78 is 0. The Hall–Kier alpha value is -1.81. The first kappa shape index (κ1) is 14.6. The molecular weight excluding hydrogens is 250 g/mol. The van der Waals surface area contributed by atoms with Crippen LogP contribution in [0.1, 0.15) is 26.2 Å². The van der Waals surface area contributed by atoms with Crippen LogP contribution in [0.5, 0.6) is 0 Å². The van der Waals surface area contributed by atoms with Gasteiger partial charge in [0.05, 0.1) is 11.2 Å². The first-order valence-corrected chi connectivity index (χ1v) is 7.24. The maximum Gasteiger partial charge on any atom is 0.0953 e. The maximum absolute atomic E-state index is 9.11. The summed E-state index contributed by atoms with van der Waals surface area (Å²) >= 11 is 0. The highest BCUT2D eigenvalue weighted by atomic mass is 16.3. The number of benzene rings is 1. The molecule has 0 aliphatic rings. The molecule has 108 valence electrons. The van der Waals surface area contributed by atoms with Crippen LogP contribution in [0.3, 0.4) is 0 Å². The molecular formula is C16H23N3O. The molecule has 4 N–H and O–H groups in total. The fourth-order valence-electron chi connectivity index (χ4n) is 2.53. The topological polar surface area (TPSA) is 71.2 Å². The Morgan fingerprint density at radius 2 is 2.15 bits per heavy atom. The van der Waals surface area contributed by atoms with Crippen LogP contribution < -0.4 is 11.1 Å². The summed E-state index contributed by atoms with van der Waals surface area (Å²) in [5.74, 6) is 0.487. The third-order valence-corrected chi connectivity index (χ3v) is 3.62. The predicted octanol–water partition coefficient (Wildman–Crippen LogP) is 3.03. The van der Waals surface area contributed by atoms with Gasteiger partial charge in [0.1, 0.15) is 0 Å². The van der Waals surface area contributed by atoms with Gasteiger partial charge in [0.15, 0.2) is 0 Å². The predicted molar refractivity (Wildman–Crippen MR) is 84.7 cm³/mol. The number of aliphatic hydroxyl groups is 1. The average molecular weight is 273 g/mol. The van der Waals surface area contributed by atoms with Gasteiger partial charge in [-0.2, -0.15) is 0 Å². The molecule has 0 fully saturated rings. The maximum atomic E-state index is 9.11. The third kappa shape index (κ3) is 3.39. The van der Waals surface area contributed by atoms with Crippen molar-refractivity contribution < 1.29 is 5.11 Å². The molecule has 0 spiro atoms. The van der Waals surface area contributed by atoms with E-state index in [1.165, 1.54) is 0 Å². The van der Waals surface area contributed by atoms with Gasteiger partial charge >= 0.3 is 0 Å². The molecule has 1 unspecified atom stereocenters. The number of nitrogens with two attached hydrogens (primary N) is 1. The van der Waals surface area contributed by atoms with Crippen molar-refractivity contribution in [1.29, 1.82) is 0 Å². The fourth-order valence-corrected chi connectivity index (χ4v) is 2.53. The lowest BCUT2D eigenvalue weighted by molar-refractivity contribution is 0.255. The van der Waals surface area contributed by atoms with Crippen LogP contribution in [-0.2, 0) is 0 Å². The molecule has 0 aliphatic heterocycles. The molecule has 20 heavy (non-hydrogen) atoms. The average Bonchev–Trinajstić information content (AvgIpc) is 2.47. The van der Waals surface area contributed by atoms with E-state index in [0.29, 0.717) is 5.92 Å². The van der Waals surface area contributed by atoms with Crippen molar-refractivity contribution in [3.8, 4) is 0 Å². The number of nitrogens with zero attached hydrogens (tertiary/aromatic N) is 1. The lowest BCUT2D eigenvalue weighted by Gasteiger charge is -2.17. The molecule has 0 bridgehead atoms. The van der Waals surface area contributed by atoms with Crippen molar-refractivity contribution in [3.63, 3.8) is 0 Å². The van der Waals surface area contributed by atoms with Crippen molar-refractivity contribution in [1.82, 2.24) is 4.98 Å². The Balaban J connectivity index is 2.15. The van der Waals surface area contributed by atoms with Crippen LogP contribution in [0.25, 0.3) is 10.9 Å². The van der Waals surface area contributed by atoms with Gasteiger partial charge in [-0.3, -0.25) is 4.98 Å². The minimum atomic E-state index is 0.243. The molecule has 0 aliphatic carbocycles. The van der Waals surface area contributed by atoms with Gasteiger partial charge in [-0.1, -0.05) is 13.3 Å². The highest BCUT2D eigenvalue weighted by Gasteiger charge is 2.09. The van der Waals surface area contributed by atoms with Gasteiger partial charge in [-0.15, -0.1) is 0 Å². The number of anilines is 2. The monoisotopic (exact) mass is 273 g/mol. The second-order valence-corrected chi connectivity index (χ2v) is 5.15. The Morgan fingerprint density at radius 3 is 2.90 bits per heavy atom. The van der Waals surface area contributed by atoms with E-state index in [-0.39, 0.29) is 6.61 Å². The Kier molecular flexibility index (Phi) is 5.18. The second-order valence-electron chi connectivity index (χ2n) is 5.15. The fraction of sp³-hybridized carbons (Fsp3) is 0.438. The van der Waals surface area contributed by atoms with Crippen LogP contribution in [0, 0.1) is 5.92 Å². The molecule has 1 heterocycles. The van der Waals surface area contributed by atoms with Crippen LogP contribution in [0.15, 0.2) is 30.5 Å². The summed E-state index contributed by atoms with van der Waals surface area (Å²) in [6.07, 6.45) is 4.87. The van der Waals surface area contributed by atoms with E-state index in [1.54, 1.807) is 6.20 Å². The molecule has 0 saturated heterocycles. The van der Waals surface area contributed by atoms with Gasteiger partial charge in [0.2, 0.25) is 0 Å². The lowest BCUT2D eigenvalue weighted by Crippen LogP contribution is -2.16. The SMILES string of the molecule is CCCC(CCO)CNc1ccc(N)c2cccnc12. The summed E-state index contributed by atoms with van der Waals surface area (Å²) in [5.41, 5.74) is 8.64. The van der Waals surface area contributed by atoms with Crippen molar-refractivity contribution >= 4 is 22.3 Å². The summed E-state index contributed by atoms with van der Waals surface area (Å²) in [4.78, 5) is 4.42. The Labute approximate surface area is 120 Å². The molecule has 2 aromatic rings. The van der Waals surface area contributed by atoms with Gasteiger partial charge < -0.3 is 16.2 Å². The number of nitrogens with one attached hydrogen (secondary N) is 1. The van der Waals surface area contributed by atoms with E-state index in [9.17, 15) is 0 Å². The van der Waals surface area contributed by atoms with Crippen molar-refractivity contribution in [2.45, 2.75) is 26.2 Å². The zero-order valence-electron chi connectivity index (χ0n) is 12.0. The largest absolute Gasteiger partial charge is 0.398 e.